The summed E-state index contributed by atoms with van der Waals surface area (Å²) in [5.41, 5.74) is 0. The zero-order valence-electron chi connectivity index (χ0n) is 22.6. The smallest absolute Gasteiger partial charge is 0.302 e. The van der Waals surface area contributed by atoms with E-state index in [1.807, 2.05) is 0 Å². The third-order valence-electron chi connectivity index (χ3n) is 7.22. The van der Waals surface area contributed by atoms with Gasteiger partial charge in [0.2, 0.25) is 0 Å². The predicted molar refractivity (Wildman–Crippen MR) is 134 cm³/mol. The highest BCUT2D eigenvalue weighted by Gasteiger charge is 2.42. The maximum atomic E-state index is 11.4. The Balaban J connectivity index is 5.27. The topological polar surface area (TPSA) is 44.8 Å². The van der Waals surface area contributed by atoms with Crippen LogP contribution in [0.1, 0.15) is 75.7 Å². The summed E-state index contributed by atoms with van der Waals surface area (Å²) in [6, 6.07) is 0. The Bertz CT molecular complexity index is 532. The molecule has 30 heavy (non-hydrogen) atoms. The first kappa shape index (κ1) is 29.8. The molecule has 0 spiro atoms. The van der Waals surface area contributed by atoms with E-state index in [-0.39, 0.29) is 28.1 Å². The van der Waals surface area contributed by atoms with Crippen LogP contribution in [0.5, 0.6) is 0 Å². The first-order valence-electron chi connectivity index (χ1n) is 11.7. The number of hydrogen-bond donors (Lipinski definition) is 0. The molecule has 0 aromatic carbocycles. The molecule has 0 amide bonds. The average molecular weight is 461 g/mol. The van der Waals surface area contributed by atoms with E-state index in [0.29, 0.717) is 18.4 Å². The second kappa shape index (κ2) is 11.1. The highest BCUT2D eigenvalue weighted by molar-refractivity contribution is 6.74. The highest BCUT2D eigenvalue weighted by Crippen LogP contribution is 2.40. The predicted octanol–water partition coefficient (Wildman–Crippen LogP) is 7.26. The number of ether oxygens (including phenoxy) is 1. The SMILES string of the molecule is CC(=O)OC[C@H](C)[C@@H](O[Si](C)(C)C(C)(C)C)[C@@H](C)C[C@@H](C)CO[Si](C)(C)C(C)(C)C. The number of esters is 1. The van der Waals surface area contributed by atoms with Crippen LogP contribution in [0.3, 0.4) is 0 Å². The third kappa shape index (κ3) is 9.53. The van der Waals surface area contributed by atoms with Gasteiger partial charge in [0, 0.05) is 19.4 Å². The molecule has 0 aliphatic carbocycles. The van der Waals surface area contributed by atoms with E-state index in [2.05, 4.69) is 88.5 Å². The summed E-state index contributed by atoms with van der Waals surface area (Å²) in [5, 5.41) is 0.369. The Morgan fingerprint density at radius 2 is 1.27 bits per heavy atom. The van der Waals surface area contributed by atoms with E-state index in [1.165, 1.54) is 6.92 Å². The van der Waals surface area contributed by atoms with Crippen molar-refractivity contribution >= 4 is 22.6 Å². The molecule has 0 fully saturated rings. The fourth-order valence-corrected chi connectivity index (χ4v) is 5.69. The van der Waals surface area contributed by atoms with Crippen molar-refractivity contribution < 1.29 is 18.4 Å². The van der Waals surface area contributed by atoms with Crippen LogP contribution in [0.25, 0.3) is 0 Å². The van der Waals surface area contributed by atoms with Crippen molar-refractivity contribution in [2.24, 2.45) is 17.8 Å². The molecular weight excluding hydrogens is 408 g/mol. The van der Waals surface area contributed by atoms with Gasteiger partial charge >= 0.3 is 5.97 Å². The quantitative estimate of drug-likeness (QED) is 0.240. The Kier molecular flexibility index (Phi) is 11.0. The van der Waals surface area contributed by atoms with Gasteiger partial charge in [0.15, 0.2) is 16.6 Å². The van der Waals surface area contributed by atoms with Crippen LogP contribution < -0.4 is 0 Å². The van der Waals surface area contributed by atoms with Crippen LogP contribution in [-0.2, 0) is 18.4 Å². The summed E-state index contributed by atoms with van der Waals surface area (Å²) >= 11 is 0. The molecule has 0 radical (unpaired) electrons. The summed E-state index contributed by atoms with van der Waals surface area (Å²) in [6.07, 6.45) is 1.11. The van der Waals surface area contributed by atoms with E-state index >= 15 is 0 Å². The molecule has 0 N–H and O–H groups in total. The minimum Gasteiger partial charge on any atom is -0.465 e. The lowest BCUT2D eigenvalue weighted by Gasteiger charge is -2.43. The van der Waals surface area contributed by atoms with Crippen molar-refractivity contribution in [1.29, 1.82) is 0 Å². The molecule has 0 unspecified atom stereocenters. The lowest BCUT2D eigenvalue weighted by atomic mass is 9.87. The number of carbonyl (C=O) groups excluding carboxylic acids is 1. The van der Waals surface area contributed by atoms with Crippen LogP contribution in [0.15, 0.2) is 0 Å². The minimum atomic E-state index is -1.94. The molecule has 0 aliphatic heterocycles. The van der Waals surface area contributed by atoms with Crippen LogP contribution in [-0.4, -0.2) is 41.9 Å². The van der Waals surface area contributed by atoms with Crippen LogP contribution in [0, 0.1) is 17.8 Å². The van der Waals surface area contributed by atoms with Crippen molar-refractivity contribution in [1.82, 2.24) is 0 Å². The number of carbonyl (C=O) groups is 1. The Morgan fingerprint density at radius 1 is 0.800 bits per heavy atom. The molecule has 0 saturated carbocycles. The second-order valence-corrected chi connectivity index (χ2v) is 22.1. The van der Waals surface area contributed by atoms with E-state index in [1.54, 1.807) is 0 Å². The Labute approximate surface area is 190 Å². The molecule has 6 heteroatoms. The maximum absolute atomic E-state index is 11.4. The third-order valence-corrected chi connectivity index (χ3v) is 16.2. The largest absolute Gasteiger partial charge is 0.465 e. The van der Waals surface area contributed by atoms with Gasteiger partial charge in [-0.25, -0.2) is 0 Å². The van der Waals surface area contributed by atoms with Crippen LogP contribution in [0.4, 0.5) is 0 Å². The summed E-state index contributed by atoms with van der Waals surface area (Å²) < 4.78 is 18.7. The second-order valence-electron chi connectivity index (χ2n) is 12.5. The molecule has 180 valence electrons. The first-order chi connectivity index (χ1) is 13.2. The summed E-state index contributed by atoms with van der Waals surface area (Å²) in [6.45, 7) is 32.3. The first-order valence-corrected chi connectivity index (χ1v) is 17.5. The van der Waals surface area contributed by atoms with Crippen LogP contribution in [0.2, 0.25) is 36.3 Å². The summed E-state index contributed by atoms with van der Waals surface area (Å²) in [5.74, 6) is 0.756. The standard InChI is InChI=1S/C24H52O4Si2/c1-18(16-27-29(11,12)23(5,6)7)15-19(2)22(20(3)17-26-21(4)25)28-30(13,14)24(8,9)10/h18-20,22H,15-17H2,1-14H3/t18-,19+,20+,22+/m1/s1. The molecule has 0 saturated heterocycles. The number of rotatable bonds is 11. The fraction of sp³-hybridized carbons (Fsp3) is 0.958. The normalized spacial score (nSPS) is 17.9. The molecular formula is C24H52O4Si2. The van der Waals surface area contributed by atoms with Crippen molar-refractivity contribution in [2.75, 3.05) is 13.2 Å². The van der Waals surface area contributed by atoms with Crippen LogP contribution >= 0.6 is 0 Å². The number of hydrogen-bond acceptors (Lipinski definition) is 4. The van der Waals surface area contributed by atoms with Gasteiger partial charge in [-0.3, -0.25) is 4.79 Å². The van der Waals surface area contributed by atoms with Gasteiger partial charge in [-0.15, -0.1) is 0 Å². The molecule has 0 heterocycles. The van der Waals surface area contributed by atoms with Gasteiger partial charge < -0.3 is 13.6 Å². The van der Waals surface area contributed by atoms with Crippen molar-refractivity contribution in [3.05, 3.63) is 0 Å². The van der Waals surface area contributed by atoms with Gasteiger partial charge in [0.25, 0.3) is 0 Å². The van der Waals surface area contributed by atoms with Crippen molar-refractivity contribution in [3.63, 3.8) is 0 Å². The van der Waals surface area contributed by atoms with E-state index in [4.69, 9.17) is 13.6 Å². The van der Waals surface area contributed by atoms with E-state index in [0.717, 1.165) is 13.0 Å². The minimum absolute atomic E-state index is 0.0700. The fourth-order valence-electron chi connectivity index (χ4n) is 3.06. The lowest BCUT2D eigenvalue weighted by Crippen LogP contribution is -2.48. The van der Waals surface area contributed by atoms with Crippen molar-refractivity contribution in [2.45, 2.75) is 118 Å². The molecule has 0 aliphatic rings. The summed E-state index contributed by atoms with van der Waals surface area (Å²) in [7, 11) is -3.68. The maximum Gasteiger partial charge on any atom is 0.302 e. The average Bonchev–Trinajstić information content (AvgIpc) is 2.53. The molecule has 0 aromatic rings. The Morgan fingerprint density at radius 3 is 1.67 bits per heavy atom. The monoisotopic (exact) mass is 460 g/mol. The van der Waals surface area contributed by atoms with E-state index in [9.17, 15) is 4.79 Å². The molecule has 4 atom stereocenters. The molecule has 4 nitrogen and oxygen atoms in total. The van der Waals surface area contributed by atoms with Gasteiger partial charge in [0.1, 0.15) is 0 Å². The highest BCUT2D eigenvalue weighted by atomic mass is 28.4. The van der Waals surface area contributed by atoms with Gasteiger partial charge in [-0.2, -0.15) is 0 Å². The Hall–Kier alpha value is -0.176. The van der Waals surface area contributed by atoms with Gasteiger partial charge in [-0.05, 0) is 54.5 Å². The van der Waals surface area contributed by atoms with Crippen molar-refractivity contribution in [3.8, 4) is 0 Å². The molecule has 0 rings (SSSR count). The van der Waals surface area contributed by atoms with E-state index < -0.39 is 16.6 Å². The lowest BCUT2D eigenvalue weighted by molar-refractivity contribution is -0.143. The molecule has 0 aromatic heterocycles. The zero-order valence-corrected chi connectivity index (χ0v) is 24.6. The molecule has 0 bridgehead atoms. The van der Waals surface area contributed by atoms with Gasteiger partial charge in [0.05, 0.1) is 12.7 Å². The van der Waals surface area contributed by atoms with Gasteiger partial charge in [-0.1, -0.05) is 62.3 Å². The zero-order chi connectivity index (χ0) is 24.1. The summed E-state index contributed by atoms with van der Waals surface area (Å²) in [4.78, 5) is 11.4.